The summed E-state index contributed by atoms with van der Waals surface area (Å²) in [5, 5.41) is 4.22. The quantitative estimate of drug-likeness (QED) is 0.947. The van der Waals surface area contributed by atoms with Crippen molar-refractivity contribution in [2.24, 2.45) is 12.8 Å². The molecule has 2 N–H and O–H groups in total. The minimum atomic E-state index is 0. The number of hydrogen-bond donors (Lipinski definition) is 1. The average molecular weight is 313 g/mol. The number of piperidine rings is 1. The standard InChI is InChI=1S/C14H20N4S.ClH/c1-17-8-11(7-16-17)14-5-4-13(19-14)10-18-6-2-3-12(15)9-18;/h4-5,7-8,12H,2-3,6,9-10,15H2,1H3;1H/t12-;/m1./s1. The SMILES string of the molecule is Cl.Cn1cc(-c2ccc(CN3CCC[C@@H](N)C3)s2)cn1. The summed E-state index contributed by atoms with van der Waals surface area (Å²) in [6.07, 6.45) is 6.38. The first-order valence-corrected chi connectivity index (χ1v) is 7.58. The highest BCUT2D eigenvalue weighted by atomic mass is 35.5. The molecule has 0 saturated carbocycles. The molecule has 4 nitrogen and oxygen atoms in total. The van der Waals surface area contributed by atoms with Gasteiger partial charge in [0, 0.05) is 47.7 Å². The summed E-state index contributed by atoms with van der Waals surface area (Å²) >= 11 is 1.86. The summed E-state index contributed by atoms with van der Waals surface area (Å²) in [4.78, 5) is 5.17. The Labute approximate surface area is 130 Å². The Kier molecular flexibility index (Phi) is 5.21. The minimum Gasteiger partial charge on any atom is -0.327 e. The highest BCUT2D eigenvalue weighted by Crippen LogP contribution is 2.28. The van der Waals surface area contributed by atoms with Gasteiger partial charge in [0.25, 0.3) is 0 Å². The molecule has 1 saturated heterocycles. The van der Waals surface area contributed by atoms with Crippen LogP contribution in [0, 0.1) is 0 Å². The minimum absolute atomic E-state index is 0. The number of likely N-dealkylation sites (tertiary alicyclic amines) is 1. The van der Waals surface area contributed by atoms with Gasteiger partial charge in [0.1, 0.15) is 0 Å². The van der Waals surface area contributed by atoms with Crippen molar-refractivity contribution < 1.29 is 0 Å². The van der Waals surface area contributed by atoms with Crippen LogP contribution < -0.4 is 5.73 Å². The van der Waals surface area contributed by atoms with Crippen molar-refractivity contribution in [3.05, 3.63) is 29.4 Å². The maximum Gasteiger partial charge on any atom is 0.0576 e. The van der Waals surface area contributed by atoms with E-state index in [9.17, 15) is 0 Å². The summed E-state index contributed by atoms with van der Waals surface area (Å²) in [6, 6.07) is 4.78. The molecular formula is C14H21ClN4S. The molecule has 6 heteroatoms. The van der Waals surface area contributed by atoms with Crippen molar-refractivity contribution in [2.45, 2.75) is 25.4 Å². The van der Waals surface area contributed by atoms with Crippen LogP contribution in [0.25, 0.3) is 10.4 Å². The number of hydrogen-bond acceptors (Lipinski definition) is 4. The number of rotatable bonds is 3. The molecule has 3 heterocycles. The molecule has 110 valence electrons. The van der Waals surface area contributed by atoms with Crippen molar-refractivity contribution >= 4 is 23.7 Å². The second-order valence-electron chi connectivity index (χ2n) is 5.31. The van der Waals surface area contributed by atoms with Crippen molar-refractivity contribution in [3.8, 4) is 10.4 Å². The van der Waals surface area contributed by atoms with Gasteiger partial charge in [0.2, 0.25) is 0 Å². The molecule has 1 atom stereocenters. The fourth-order valence-electron chi connectivity index (χ4n) is 2.62. The van der Waals surface area contributed by atoms with Crippen molar-refractivity contribution in [1.29, 1.82) is 0 Å². The summed E-state index contributed by atoms with van der Waals surface area (Å²) < 4.78 is 1.85. The molecule has 3 rings (SSSR count). The summed E-state index contributed by atoms with van der Waals surface area (Å²) in [5.74, 6) is 0. The molecule has 20 heavy (non-hydrogen) atoms. The molecular weight excluding hydrogens is 292 g/mol. The molecule has 0 aliphatic carbocycles. The van der Waals surface area contributed by atoms with E-state index in [1.807, 2.05) is 29.3 Å². The van der Waals surface area contributed by atoms with Crippen LogP contribution in [0.2, 0.25) is 0 Å². The Morgan fingerprint density at radius 2 is 2.30 bits per heavy atom. The van der Waals surface area contributed by atoms with Crippen LogP contribution >= 0.6 is 23.7 Å². The van der Waals surface area contributed by atoms with Gasteiger partial charge in [-0.1, -0.05) is 0 Å². The smallest absolute Gasteiger partial charge is 0.0576 e. The second kappa shape index (κ2) is 6.72. The van der Waals surface area contributed by atoms with Gasteiger partial charge in [-0.05, 0) is 31.5 Å². The zero-order valence-corrected chi connectivity index (χ0v) is 13.3. The molecule has 1 fully saturated rings. The van der Waals surface area contributed by atoms with Crippen LogP contribution in [0.3, 0.4) is 0 Å². The molecule has 0 unspecified atom stereocenters. The lowest BCUT2D eigenvalue weighted by molar-refractivity contribution is 0.203. The largest absolute Gasteiger partial charge is 0.327 e. The van der Waals surface area contributed by atoms with E-state index in [1.54, 1.807) is 0 Å². The number of aryl methyl sites for hydroxylation is 1. The Hall–Kier alpha value is -0.880. The van der Waals surface area contributed by atoms with E-state index in [-0.39, 0.29) is 12.4 Å². The third kappa shape index (κ3) is 3.61. The number of nitrogens with two attached hydrogens (primary N) is 1. The zero-order valence-electron chi connectivity index (χ0n) is 11.7. The zero-order chi connectivity index (χ0) is 13.2. The third-order valence-corrected chi connectivity index (χ3v) is 4.69. The Morgan fingerprint density at radius 3 is 3.00 bits per heavy atom. The molecule has 0 radical (unpaired) electrons. The monoisotopic (exact) mass is 312 g/mol. The molecule has 0 bridgehead atoms. The Balaban J connectivity index is 0.00000147. The second-order valence-corrected chi connectivity index (χ2v) is 6.47. The fraction of sp³-hybridized carbons (Fsp3) is 0.500. The predicted octanol–water partition coefficient (Wildman–Crippen LogP) is 2.49. The summed E-state index contributed by atoms with van der Waals surface area (Å²) in [6.45, 7) is 3.23. The van der Waals surface area contributed by atoms with Gasteiger partial charge in [0.05, 0.1) is 6.20 Å². The Bertz CT molecular complexity index is 551. The van der Waals surface area contributed by atoms with E-state index in [0.29, 0.717) is 6.04 Å². The van der Waals surface area contributed by atoms with Gasteiger partial charge in [-0.25, -0.2) is 0 Å². The van der Waals surface area contributed by atoms with Gasteiger partial charge in [-0.2, -0.15) is 5.10 Å². The Morgan fingerprint density at radius 1 is 1.45 bits per heavy atom. The van der Waals surface area contributed by atoms with E-state index < -0.39 is 0 Å². The van der Waals surface area contributed by atoms with Gasteiger partial charge < -0.3 is 5.73 Å². The van der Waals surface area contributed by atoms with Crippen LogP contribution in [-0.2, 0) is 13.6 Å². The van der Waals surface area contributed by atoms with Crippen LogP contribution in [0.5, 0.6) is 0 Å². The van der Waals surface area contributed by atoms with E-state index in [2.05, 4.69) is 28.3 Å². The lowest BCUT2D eigenvalue weighted by Crippen LogP contribution is -2.42. The number of aromatic nitrogens is 2. The first-order chi connectivity index (χ1) is 9.20. The third-order valence-electron chi connectivity index (χ3n) is 3.57. The number of nitrogens with zero attached hydrogens (tertiary/aromatic N) is 3. The summed E-state index contributed by atoms with van der Waals surface area (Å²) in [7, 11) is 1.95. The highest BCUT2D eigenvalue weighted by molar-refractivity contribution is 7.15. The fourth-order valence-corrected chi connectivity index (χ4v) is 3.65. The van der Waals surface area contributed by atoms with Gasteiger partial charge >= 0.3 is 0 Å². The highest BCUT2D eigenvalue weighted by Gasteiger charge is 2.17. The first-order valence-electron chi connectivity index (χ1n) is 6.76. The van der Waals surface area contributed by atoms with E-state index in [4.69, 9.17) is 5.73 Å². The van der Waals surface area contributed by atoms with Crippen molar-refractivity contribution in [2.75, 3.05) is 13.1 Å². The maximum atomic E-state index is 6.03. The topological polar surface area (TPSA) is 47.1 Å². The van der Waals surface area contributed by atoms with Crippen molar-refractivity contribution in [3.63, 3.8) is 0 Å². The maximum absolute atomic E-state index is 6.03. The molecule has 0 amide bonds. The van der Waals surface area contributed by atoms with Crippen LogP contribution in [-0.4, -0.2) is 33.8 Å². The molecule has 2 aromatic rings. The van der Waals surface area contributed by atoms with Crippen LogP contribution in [0.1, 0.15) is 17.7 Å². The molecule has 1 aliphatic rings. The number of halogens is 1. The summed E-state index contributed by atoms with van der Waals surface area (Å²) in [5.41, 5.74) is 7.23. The van der Waals surface area contributed by atoms with Gasteiger partial charge in [0.15, 0.2) is 0 Å². The molecule has 0 spiro atoms. The molecule has 1 aliphatic heterocycles. The molecule has 0 aromatic carbocycles. The average Bonchev–Trinajstić information content (AvgIpc) is 2.98. The molecule has 2 aromatic heterocycles. The first kappa shape index (κ1) is 15.5. The predicted molar refractivity (Wildman–Crippen MR) is 86.3 cm³/mol. The number of thiophene rings is 1. The van der Waals surface area contributed by atoms with Crippen LogP contribution in [0.15, 0.2) is 24.5 Å². The normalized spacial score (nSPS) is 19.8. The van der Waals surface area contributed by atoms with E-state index in [1.165, 1.54) is 34.7 Å². The van der Waals surface area contributed by atoms with Crippen LogP contribution in [0.4, 0.5) is 0 Å². The van der Waals surface area contributed by atoms with E-state index >= 15 is 0 Å². The van der Waals surface area contributed by atoms with Gasteiger partial charge in [-0.15, -0.1) is 23.7 Å². The van der Waals surface area contributed by atoms with Crippen molar-refractivity contribution in [1.82, 2.24) is 14.7 Å². The lowest BCUT2D eigenvalue weighted by atomic mass is 10.1. The lowest BCUT2D eigenvalue weighted by Gasteiger charge is -2.30. The van der Waals surface area contributed by atoms with Gasteiger partial charge in [-0.3, -0.25) is 9.58 Å². The van der Waals surface area contributed by atoms with E-state index in [0.717, 1.165) is 13.1 Å².